The Morgan fingerprint density at radius 3 is 0.381 bits per heavy atom. The second-order valence-electron chi connectivity index (χ2n) is 1.79. The fourth-order valence-corrected chi connectivity index (χ4v) is 0. The fourth-order valence-electron chi connectivity index (χ4n) is 0. The summed E-state index contributed by atoms with van der Waals surface area (Å²) in [5.41, 5.74) is 0. The van der Waals surface area contributed by atoms with Gasteiger partial charge in [-0.1, -0.05) is 0 Å². The Hall–Kier alpha value is 0.246. The van der Waals surface area contributed by atoms with Crippen LogP contribution >= 0.6 is 0 Å². The summed E-state index contributed by atoms with van der Waals surface area (Å²) in [5, 5.41) is 0. The third-order valence-electron chi connectivity index (χ3n) is 0. The van der Waals surface area contributed by atoms with Crippen LogP contribution in [-0.2, 0) is 41.6 Å². The van der Waals surface area contributed by atoms with Crippen LogP contribution in [-0.4, -0.2) is 93.1 Å². The summed E-state index contributed by atoms with van der Waals surface area (Å²) in [6, 6.07) is 0. The van der Waals surface area contributed by atoms with Gasteiger partial charge in [-0.05, 0) is 0 Å². The Morgan fingerprint density at radius 2 is 0.381 bits per heavy atom. The summed E-state index contributed by atoms with van der Waals surface area (Å²) in [7, 11) is -18.7. The van der Waals surface area contributed by atoms with Crippen molar-refractivity contribution < 1.29 is 72.9 Å². The van der Waals surface area contributed by atoms with Crippen LogP contribution in [0.2, 0.25) is 0 Å². The van der Waals surface area contributed by atoms with Gasteiger partial charge in [0.15, 0.2) is 0 Å². The van der Waals surface area contributed by atoms with Crippen LogP contribution in [0.1, 0.15) is 2.85 Å². The second kappa shape index (κ2) is 12.8. The zero-order valence-corrected chi connectivity index (χ0v) is 13.9. The molecule has 0 atom stereocenters. The SMILES string of the molecule is O=S(=O)(O)O.O=S(=O)(O)O.O=S(=O)(O)O.O=S(=O)(O)O.[H-].[H-].[Mg+2]. The summed E-state index contributed by atoms with van der Waals surface area (Å²) in [4.78, 5) is 0. The number of hydrogen-bond donors (Lipinski definition) is 8. The molecule has 21 heavy (non-hydrogen) atoms. The van der Waals surface area contributed by atoms with Gasteiger partial charge in [-0.3, -0.25) is 36.4 Å². The maximum Gasteiger partial charge on any atom is 2.00 e. The van der Waals surface area contributed by atoms with Crippen LogP contribution in [0.15, 0.2) is 0 Å². The quantitative estimate of drug-likeness (QED) is 0.146. The van der Waals surface area contributed by atoms with Gasteiger partial charge in [0.25, 0.3) is 0 Å². The van der Waals surface area contributed by atoms with E-state index < -0.39 is 41.6 Å². The average Bonchev–Trinajstić information content (AvgIpc) is 1.62. The first-order valence-corrected chi connectivity index (χ1v) is 8.38. The molecule has 0 rings (SSSR count). The maximum absolute atomic E-state index is 8.74. The summed E-state index contributed by atoms with van der Waals surface area (Å²) >= 11 is 0. The van der Waals surface area contributed by atoms with E-state index >= 15 is 0 Å². The number of rotatable bonds is 0. The maximum atomic E-state index is 8.74. The Morgan fingerprint density at radius 1 is 0.381 bits per heavy atom. The molecular weight excluding hydrogens is 409 g/mol. The van der Waals surface area contributed by atoms with E-state index in [1.807, 2.05) is 0 Å². The first-order valence-electron chi connectivity index (χ1n) is 2.79. The van der Waals surface area contributed by atoms with Crippen LogP contribution < -0.4 is 0 Å². The van der Waals surface area contributed by atoms with Crippen LogP contribution in [0.25, 0.3) is 0 Å². The van der Waals surface area contributed by atoms with Crippen molar-refractivity contribution in [1.82, 2.24) is 0 Å². The molecule has 132 valence electrons. The largest absolute Gasteiger partial charge is 2.00 e. The molecule has 0 aromatic heterocycles. The van der Waals surface area contributed by atoms with E-state index in [9.17, 15) is 0 Å². The van der Waals surface area contributed by atoms with Crippen molar-refractivity contribution in [3.63, 3.8) is 0 Å². The van der Waals surface area contributed by atoms with E-state index in [2.05, 4.69) is 0 Å². The third kappa shape index (κ3) is 111000. The minimum absolute atomic E-state index is 0. The summed E-state index contributed by atoms with van der Waals surface area (Å²) < 4.78 is 126. The normalized spacial score (nSPS) is 11.0. The van der Waals surface area contributed by atoms with Gasteiger partial charge in [0.2, 0.25) is 0 Å². The van der Waals surface area contributed by atoms with Crippen molar-refractivity contribution >= 4 is 64.6 Å². The molecule has 0 aromatic rings. The van der Waals surface area contributed by atoms with Gasteiger partial charge in [0.1, 0.15) is 0 Å². The molecule has 0 heterocycles. The van der Waals surface area contributed by atoms with E-state index in [1.54, 1.807) is 0 Å². The Balaban J connectivity index is -0.0000000284. The minimum atomic E-state index is -4.67. The molecule has 0 unspecified atom stereocenters. The molecule has 0 aliphatic heterocycles. The molecule has 0 fully saturated rings. The molecule has 16 nitrogen and oxygen atoms in total. The molecular formula is H10MgO16S4. The first kappa shape index (κ1) is 33.0. The zero-order chi connectivity index (χ0) is 18.0. The molecule has 0 amide bonds. The van der Waals surface area contributed by atoms with Crippen LogP contribution in [0.3, 0.4) is 0 Å². The molecule has 0 radical (unpaired) electrons. The Bertz CT molecular complexity index is 483. The molecule has 0 aliphatic carbocycles. The summed E-state index contributed by atoms with van der Waals surface area (Å²) in [6.45, 7) is 0. The van der Waals surface area contributed by atoms with Crippen LogP contribution in [0, 0.1) is 0 Å². The van der Waals surface area contributed by atoms with Crippen molar-refractivity contribution in [2.45, 2.75) is 0 Å². The van der Waals surface area contributed by atoms with Gasteiger partial charge in [0, 0.05) is 0 Å². The second-order valence-corrected chi connectivity index (χ2v) is 5.37. The Kier molecular flexibility index (Phi) is 20.0. The van der Waals surface area contributed by atoms with Gasteiger partial charge in [-0.15, -0.1) is 0 Å². The first-order chi connectivity index (χ1) is 8.00. The fraction of sp³-hybridized carbons (Fsp3) is 0. The molecule has 8 N–H and O–H groups in total. The van der Waals surface area contributed by atoms with Gasteiger partial charge in [-0.2, -0.15) is 33.7 Å². The molecule has 21 heteroatoms. The molecule has 0 spiro atoms. The summed E-state index contributed by atoms with van der Waals surface area (Å²) in [5.74, 6) is 0. The van der Waals surface area contributed by atoms with Crippen molar-refractivity contribution in [3.8, 4) is 0 Å². The third-order valence-corrected chi connectivity index (χ3v) is 0. The van der Waals surface area contributed by atoms with Gasteiger partial charge >= 0.3 is 64.6 Å². The number of hydrogen-bond acceptors (Lipinski definition) is 8. The minimum Gasteiger partial charge on any atom is -1.00 e. The molecule has 0 aromatic carbocycles. The van der Waals surface area contributed by atoms with Crippen molar-refractivity contribution in [2.24, 2.45) is 0 Å². The predicted molar refractivity (Wildman–Crippen MR) is 64.7 cm³/mol. The average molecular weight is 419 g/mol. The molecule has 0 saturated carbocycles. The van der Waals surface area contributed by atoms with E-state index in [-0.39, 0.29) is 25.9 Å². The Labute approximate surface area is 137 Å². The molecule has 0 bridgehead atoms. The summed E-state index contributed by atoms with van der Waals surface area (Å²) in [6.07, 6.45) is 0. The van der Waals surface area contributed by atoms with Gasteiger partial charge in [-0.25, -0.2) is 0 Å². The van der Waals surface area contributed by atoms with Crippen molar-refractivity contribution in [3.05, 3.63) is 0 Å². The molecule has 0 saturated heterocycles. The van der Waals surface area contributed by atoms with Crippen molar-refractivity contribution in [1.29, 1.82) is 0 Å². The molecule has 0 aliphatic rings. The smallest absolute Gasteiger partial charge is 1.00 e. The zero-order valence-electron chi connectivity index (χ0n) is 11.2. The van der Waals surface area contributed by atoms with Gasteiger partial charge < -0.3 is 2.85 Å². The van der Waals surface area contributed by atoms with Gasteiger partial charge in [0.05, 0.1) is 0 Å². The predicted octanol–water partition coefficient (Wildman–Crippen LogP) is -2.77. The van der Waals surface area contributed by atoms with E-state index in [1.165, 1.54) is 0 Å². The van der Waals surface area contributed by atoms with E-state index in [0.717, 1.165) is 0 Å². The topological polar surface area (TPSA) is 298 Å². The van der Waals surface area contributed by atoms with E-state index in [0.29, 0.717) is 0 Å². The standard InChI is InChI=1S/Mg.4H2O4S.2H/c;4*1-5(2,3)4;;/h;4*(H2,1,2,3,4);;/q+2;;;;;2*-1. The van der Waals surface area contributed by atoms with Crippen LogP contribution in [0.5, 0.6) is 0 Å². The van der Waals surface area contributed by atoms with Crippen LogP contribution in [0.4, 0.5) is 0 Å². The van der Waals surface area contributed by atoms with E-state index in [4.69, 9.17) is 70.1 Å². The monoisotopic (exact) mass is 418 g/mol. The van der Waals surface area contributed by atoms with Crippen molar-refractivity contribution in [2.75, 3.05) is 0 Å².